The number of pyridine rings is 1. The van der Waals surface area contributed by atoms with Crippen LogP contribution in [0.2, 0.25) is 0 Å². The molecule has 1 heterocycles. The molecule has 60 valence electrons. The van der Waals surface area contributed by atoms with Crippen molar-refractivity contribution in [3.05, 3.63) is 23.9 Å². The summed E-state index contributed by atoms with van der Waals surface area (Å²) >= 11 is 1.83. The fraction of sp³-hybridized carbons (Fsp3) is 0.375. The molecule has 0 saturated carbocycles. The number of aromatic nitrogens is 1. The highest BCUT2D eigenvalue weighted by atomic mass is 127. The number of rotatable bonds is 2. The number of hydrogen-bond acceptors (Lipinski definition) is 2. The average molecular weight is 263 g/mol. The molecule has 0 aliphatic heterocycles. The van der Waals surface area contributed by atoms with E-state index in [0.717, 1.165) is 0 Å². The van der Waals surface area contributed by atoms with E-state index >= 15 is 0 Å². The first-order valence-corrected chi connectivity index (χ1v) is 4.36. The molecule has 0 unspecified atom stereocenters. The van der Waals surface area contributed by atoms with Crippen LogP contribution in [0.15, 0.2) is 18.3 Å². The maximum Gasteiger partial charge on any atom is 0.224 e. The second-order valence-corrected chi connectivity index (χ2v) is 3.10. The van der Waals surface area contributed by atoms with Crippen LogP contribution in [0.4, 0.5) is 0 Å². The van der Waals surface area contributed by atoms with Crippen molar-refractivity contribution in [2.75, 3.05) is 0 Å². The number of halogens is 1. The summed E-state index contributed by atoms with van der Waals surface area (Å²) in [6, 6.07) is 3.96. The molecule has 0 spiro atoms. The van der Waals surface area contributed by atoms with E-state index in [0.29, 0.717) is 11.8 Å². The molecule has 0 aliphatic rings. The van der Waals surface area contributed by atoms with Gasteiger partial charge >= 0.3 is 0 Å². The topological polar surface area (TPSA) is 22.1 Å². The summed E-state index contributed by atoms with van der Waals surface area (Å²) in [6.07, 6.45) is 1.77. The van der Waals surface area contributed by atoms with E-state index in [2.05, 4.69) is 18.8 Å². The van der Waals surface area contributed by atoms with Crippen molar-refractivity contribution in [2.24, 2.45) is 0 Å². The summed E-state index contributed by atoms with van der Waals surface area (Å²) in [7, 11) is 0. The van der Waals surface area contributed by atoms with Crippen molar-refractivity contribution in [2.45, 2.75) is 19.8 Å². The second-order valence-electron chi connectivity index (χ2n) is 2.66. The summed E-state index contributed by atoms with van der Waals surface area (Å²) in [5.41, 5.74) is 1.26. The maximum absolute atomic E-state index is 4.96. The zero-order valence-corrected chi connectivity index (χ0v) is 8.70. The summed E-state index contributed by atoms with van der Waals surface area (Å²) < 4.78 is 4.96. The third-order valence-electron chi connectivity index (χ3n) is 1.50. The smallest absolute Gasteiger partial charge is 0.224 e. The first kappa shape index (κ1) is 8.77. The maximum atomic E-state index is 4.96. The lowest BCUT2D eigenvalue weighted by Gasteiger charge is -2.04. The highest BCUT2D eigenvalue weighted by Gasteiger charge is 2.00. The van der Waals surface area contributed by atoms with Gasteiger partial charge in [0.15, 0.2) is 23.0 Å². The van der Waals surface area contributed by atoms with Gasteiger partial charge in [-0.3, -0.25) is 0 Å². The van der Waals surface area contributed by atoms with Crippen LogP contribution in [0.1, 0.15) is 25.3 Å². The Morgan fingerprint density at radius 1 is 1.55 bits per heavy atom. The molecular formula is C8H10INO. The molecule has 0 atom stereocenters. The van der Waals surface area contributed by atoms with Crippen molar-refractivity contribution >= 4 is 23.0 Å². The summed E-state index contributed by atoms with van der Waals surface area (Å²) in [6.45, 7) is 4.29. The van der Waals surface area contributed by atoms with E-state index < -0.39 is 0 Å². The van der Waals surface area contributed by atoms with Gasteiger partial charge in [0.05, 0.1) is 0 Å². The van der Waals surface area contributed by atoms with E-state index in [-0.39, 0.29) is 0 Å². The van der Waals surface area contributed by atoms with Crippen LogP contribution < -0.4 is 3.07 Å². The third kappa shape index (κ3) is 2.32. The zero-order valence-electron chi connectivity index (χ0n) is 6.54. The van der Waals surface area contributed by atoms with Crippen LogP contribution in [0, 0.1) is 0 Å². The van der Waals surface area contributed by atoms with Gasteiger partial charge < -0.3 is 3.07 Å². The fourth-order valence-corrected chi connectivity index (χ4v) is 1.07. The van der Waals surface area contributed by atoms with Crippen LogP contribution in [0.25, 0.3) is 0 Å². The molecule has 1 rings (SSSR count). The Hall–Kier alpha value is -0.320. The van der Waals surface area contributed by atoms with Gasteiger partial charge in [0.1, 0.15) is 0 Å². The largest absolute Gasteiger partial charge is 0.408 e. The Balaban J connectivity index is 2.91. The van der Waals surface area contributed by atoms with E-state index in [1.807, 2.05) is 35.1 Å². The Kier molecular flexibility index (Phi) is 3.11. The molecule has 0 N–H and O–H groups in total. The molecule has 0 radical (unpaired) electrons. The lowest BCUT2D eigenvalue weighted by atomic mass is 10.1. The van der Waals surface area contributed by atoms with Crippen molar-refractivity contribution in [1.82, 2.24) is 4.98 Å². The van der Waals surface area contributed by atoms with Crippen molar-refractivity contribution < 1.29 is 3.07 Å². The van der Waals surface area contributed by atoms with Crippen molar-refractivity contribution in [1.29, 1.82) is 0 Å². The van der Waals surface area contributed by atoms with Crippen molar-refractivity contribution in [3.63, 3.8) is 0 Å². The molecule has 0 fully saturated rings. The Morgan fingerprint density at radius 3 is 2.82 bits per heavy atom. The fourth-order valence-electron chi connectivity index (χ4n) is 0.826. The molecule has 0 aliphatic carbocycles. The lowest BCUT2D eigenvalue weighted by molar-refractivity contribution is 0.675. The number of nitrogens with zero attached hydrogens (tertiary/aromatic N) is 1. The monoisotopic (exact) mass is 263 g/mol. The lowest BCUT2D eigenvalue weighted by Crippen LogP contribution is -1.88. The summed E-state index contributed by atoms with van der Waals surface area (Å²) in [5, 5.41) is 0. The first-order valence-electron chi connectivity index (χ1n) is 3.48. The van der Waals surface area contributed by atoms with Gasteiger partial charge in [0.25, 0.3) is 0 Å². The highest BCUT2D eigenvalue weighted by molar-refractivity contribution is 14.1. The van der Waals surface area contributed by atoms with Gasteiger partial charge in [-0.2, -0.15) is 0 Å². The van der Waals surface area contributed by atoms with E-state index in [1.165, 1.54) is 5.56 Å². The Morgan fingerprint density at radius 2 is 2.27 bits per heavy atom. The summed E-state index contributed by atoms with van der Waals surface area (Å²) in [4.78, 5) is 4.01. The van der Waals surface area contributed by atoms with Crippen molar-refractivity contribution in [3.8, 4) is 5.88 Å². The van der Waals surface area contributed by atoms with E-state index in [4.69, 9.17) is 3.07 Å². The Bertz CT molecular complexity index is 237. The zero-order chi connectivity index (χ0) is 8.27. The van der Waals surface area contributed by atoms with Gasteiger partial charge in [0, 0.05) is 12.3 Å². The predicted octanol–water partition coefficient (Wildman–Crippen LogP) is 2.93. The van der Waals surface area contributed by atoms with E-state index in [1.54, 1.807) is 6.20 Å². The molecule has 2 nitrogen and oxygen atoms in total. The molecule has 1 aromatic rings. The minimum Gasteiger partial charge on any atom is -0.408 e. The van der Waals surface area contributed by atoms with E-state index in [9.17, 15) is 0 Å². The predicted molar refractivity (Wildman–Crippen MR) is 53.0 cm³/mol. The van der Waals surface area contributed by atoms with Crippen LogP contribution in [-0.2, 0) is 0 Å². The molecule has 0 saturated heterocycles. The minimum atomic E-state index is 0.531. The van der Waals surface area contributed by atoms with Gasteiger partial charge in [-0.05, 0) is 17.5 Å². The molecule has 1 aromatic heterocycles. The van der Waals surface area contributed by atoms with Crippen LogP contribution in [-0.4, -0.2) is 4.98 Å². The molecule has 11 heavy (non-hydrogen) atoms. The first-order chi connectivity index (χ1) is 5.24. The summed E-state index contributed by atoms with van der Waals surface area (Å²) in [5.74, 6) is 1.21. The van der Waals surface area contributed by atoms with Gasteiger partial charge in [-0.1, -0.05) is 13.8 Å². The molecule has 0 aromatic carbocycles. The minimum absolute atomic E-state index is 0.531. The van der Waals surface area contributed by atoms with Crippen LogP contribution in [0.3, 0.4) is 0 Å². The molecule has 0 amide bonds. The van der Waals surface area contributed by atoms with Gasteiger partial charge in [-0.25, -0.2) is 4.98 Å². The van der Waals surface area contributed by atoms with Gasteiger partial charge in [0.2, 0.25) is 5.88 Å². The third-order valence-corrected chi connectivity index (χ3v) is 1.96. The molecular weight excluding hydrogens is 253 g/mol. The standard InChI is InChI=1S/C8H10INO/c1-6(2)7-3-4-10-8(5-7)11-9/h3-6H,1-2H3. The SMILES string of the molecule is CC(C)c1ccnc(OI)c1. The second kappa shape index (κ2) is 3.90. The normalized spacial score (nSPS) is 10.2. The Labute approximate surface area is 80.7 Å². The molecule has 0 bridgehead atoms. The molecule has 3 heteroatoms. The quantitative estimate of drug-likeness (QED) is 0.765. The van der Waals surface area contributed by atoms with Gasteiger partial charge in [-0.15, -0.1) is 0 Å². The number of hydrogen-bond donors (Lipinski definition) is 0. The average Bonchev–Trinajstić information content (AvgIpc) is 2.05. The van der Waals surface area contributed by atoms with Crippen LogP contribution in [0.5, 0.6) is 5.88 Å². The van der Waals surface area contributed by atoms with Crippen LogP contribution >= 0.6 is 23.0 Å². The highest BCUT2D eigenvalue weighted by Crippen LogP contribution is 2.18.